The number of nitriles is 1. The van der Waals surface area contributed by atoms with Crippen LogP contribution >= 0.6 is 11.6 Å². The molecule has 10 nitrogen and oxygen atoms in total. The Kier molecular flexibility index (Phi) is 8.89. The Balaban J connectivity index is 0.981. The quantitative estimate of drug-likeness (QED) is 0.367. The van der Waals surface area contributed by atoms with Crippen LogP contribution in [0.3, 0.4) is 0 Å². The molecule has 6 rings (SSSR count). The van der Waals surface area contributed by atoms with E-state index in [0.717, 1.165) is 44.7 Å². The lowest BCUT2D eigenvalue weighted by Crippen LogP contribution is -2.74. The molecule has 2 aromatic rings. The molecule has 0 bridgehead atoms. The molecule has 1 unspecified atom stereocenters. The van der Waals surface area contributed by atoms with E-state index in [0.29, 0.717) is 35.0 Å². The van der Waals surface area contributed by atoms with Crippen molar-refractivity contribution in [3.05, 3.63) is 58.6 Å². The number of epoxide rings is 1. The highest BCUT2D eigenvalue weighted by molar-refractivity contribution is 6.31. The molecule has 1 spiro atoms. The molecule has 4 fully saturated rings. The van der Waals surface area contributed by atoms with Crippen molar-refractivity contribution in [3.63, 3.8) is 0 Å². The van der Waals surface area contributed by atoms with Gasteiger partial charge < -0.3 is 29.3 Å². The lowest BCUT2D eigenvalue weighted by Gasteiger charge is -2.63. The Hall–Kier alpha value is -3.52. The first-order valence-corrected chi connectivity index (χ1v) is 17.3. The van der Waals surface area contributed by atoms with Crippen molar-refractivity contribution in [2.75, 3.05) is 44.2 Å². The van der Waals surface area contributed by atoms with E-state index in [1.807, 2.05) is 45.0 Å². The minimum absolute atomic E-state index is 0.105. The average Bonchev–Trinajstić information content (AvgIpc) is 3.74. The van der Waals surface area contributed by atoms with E-state index >= 15 is 0 Å². The molecular formula is C37H48ClN5O5. The molecular weight excluding hydrogens is 630 g/mol. The summed E-state index contributed by atoms with van der Waals surface area (Å²) in [6.45, 7) is 18.9. The van der Waals surface area contributed by atoms with Gasteiger partial charge in [-0.05, 0) is 70.0 Å². The molecule has 0 aromatic heterocycles. The van der Waals surface area contributed by atoms with Crippen LogP contribution in [0.1, 0.15) is 77.2 Å². The van der Waals surface area contributed by atoms with Gasteiger partial charge in [-0.25, -0.2) is 4.79 Å². The first-order valence-electron chi connectivity index (χ1n) is 17.0. The van der Waals surface area contributed by atoms with Gasteiger partial charge in [0.05, 0.1) is 10.6 Å². The summed E-state index contributed by atoms with van der Waals surface area (Å²) in [5.74, 6) is 0.502. The minimum atomic E-state index is -0.493. The van der Waals surface area contributed by atoms with Crippen LogP contribution in [0.5, 0.6) is 5.75 Å². The predicted octanol–water partition coefficient (Wildman–Crippen LogP) is 6.07. The third kappa shape index (κ3) is 6.57. The van der Waals surface area contributed by atoms with E-state index in [1.54, 1.807) is 23.1 Å². The Morgan fingerprint density at radius 1 is 0.958 bits per heavy atom. The normalized spacial score (nSPS) is 25.9. The van der Waals surface area contributed by atoms with Crippen molar-refractivity contribution in [2.45, 2.75) is 90.9 Å². The molecule has 48 heavy (non-hydrogen) atoms. The van der Waals surface area contributed by atoms with Gasteiger partial charge in [0, 0.05) is 73.5 Å². The van der Waals surface area contributed by atoms with Crippen molar-refractivity contribution in [1.29, 1.82) is 5.26 Å². The molecule has 1 aliphatic carbocycles. The number of halogens is 1. The maximum atomic E-state index is 13.4. The topological polar surface area (TPSA) is 111 Å². The molecule has 3 saturated heterocycles. The fourth-order valence-electron chi connectivity index (χ4n) is 8.20. The number of piperidine rings is 1. The van der Waals surface area contributed by atoms with Crippen LogP contribution in [0.2, 0.25) is 5.02 Å². The number of carbonyl (C=O) groups excluding carboxylic acids is 2. The van der Waals surface area contributed by atoms with Crippen LogP contribution in [-0.2, 0) is 9.47 Å². The Morgan fingerprint density at radius 2 is 1.58 bits per heavy atom. The summed E-state index contributed by atoms with van der Waals surface area (Å²) in [6.07, 6.45) is 1.36. The number of hydrogen-bond acceptors (Lipinski definition) is 8. The molecule has 11 heteroatoms. The number of benzene rings is 2. The van der Waals surface area contributed by atoms with Crippen LogP contribution in [0.4, 0.5) is 10.5 Å². The second-order valence-corrected chi connectivity index (χ2v) is 16.3. The number of hydrogen-bond donors (Lipinski definition) is 1. The smallest absolute Gasteiger partial charge is 0.410 e. The third-order valence-corrected chi connectivity index (χ3v) is 10.9. The molecule has 3 heterocycles. The second kappa shape index (κ2) is 12.4. The van der Waals surface area contributed by atoms with Gasteiger partial charge in [-0.3, -0.25) is 9.69 Å². The largest absolute Gasteiger partial charge is 0.489 e. The summed E-state index contributed by atoms with van der Waals surface area (Å²) in [5.41, 5.74) is 0.818. The van der Waals surface area contributed by atoms with Gasteiger partial charge in [0.25, 0.3) is 5.91 Å². The number of nitrogens with one attached hydrogen (secondary N) is 1. The van der Waals surface area contributed by atoms with Crippen molar-refractivity contribution < 1.29 is 23.8 Å². The van der Waals surface area contributed by atoms with Gasteiger partial charge in [0.15, 0.2) is 0 Å². The monoisotopic (exact) mass is 677 g/mol. The average molecular weight is 678 g/mol. The van der Waals surface area contributed by atoms with Crippen LogP contribution in [0, 0.1) is 22.2 Å². The highest BCUT2D eigenvalue weighted by Crippen LogP contribution is 2.55. The summed E-state index contributed by atoms with van der Waals surface area (Å²) < 4.78 is 18.2. The predicted molar refractivity (Wildman–Crippen MR) is 184 cm³/mol. The highest BCUT2D eigenvalue weighted by Gasteiger charge is 2.64. The van der Waals surface area contributed by atoms with E-state index in [2.05, 4.69) is 48.9 Å². The fourth-order valence-corrected chi connectivity index (χ4v) is 8.42. The van der Waals surface area contributed by atoms with Crippen LogP contribution in [0.25, 0.3) is 0 Å². The molecule has 2 amide bonds. The Bertz CT molecular complexity index is 1560. The Morgan fingerprint density at radius 3 is 2.15 bits per heavy atom. The third-order valence-electron chi connectivity index (χ3n) is 10.6. The zero-order valence-electron chi connectivity index (χ0n) is 29.1. The van der Waals surface area contributed by atoms with Gasteiger partial charge in [0.1, 0.15) is 35.4 Å². The minimum Gasteiger partial charge on any atom is -0.489 e. The van der Waals surface area contributed by atoms with Crippen LogP contribution in [-0.4, -0.2) is 90.6 Å². The number of piperazine rings is 1. The molecule has 1 N–H and O–H groups in total. The summed E-state index contributed by atoms with van der Waals surface area (Å²) in [6, 6.07) is 14.9. The number of nitrogens with zero attached hydrogens (tertiary/aromatic N) is 4. The number of carbonyl (C=O) groups is 2. The Labute approximate surface area is 289 Å². The van der Waals surface area contributed by atoms with Gasteiger partial charge in [-0.2, -0.15) is 5.26 Å². The van der Waals surface area contributed by atoms with Crippen molar-refractivity contribution in [2.24, 2.45) is 10.8 Å². The zero-order valence-corrected chi connectivity index (χ0v) is 29.9. The van der Waals surface area contributed by atoms with Gasteiger partial charge in [-0.1, -0.05) is 39.3 Å². The first-order chi connectivity index (χ1) is 22.5. The standard InChI is InChI=1S/C37H48ClN5O5/c1-34(2,3)48-33(45)43-16-14-37(15-17-43)32(47-37)42-20-18-41(19-21-42)26-11-8-24(9-12-26)29(44)40-30-35(4,5)31(36(30,6)7)46-27-13-10-25(23-39)28(38)22-27/h8-13,22,30-32H,14-21H2,1-7H3,(H,40,44)/t30-,31-,32?. The summed E-state index contributed by atoms with van der Waals surface area (Å²) in [4.78, 5) is 32.5. The van der Waals surface area contributed by atoms with Gasteiger partial charge >= 0.3 is 6.09 Å². The van der Waals surface area contributed by atoms with Gasteiger partial charge in [-0.15, -0.1) is 0 Å². The van der Waals surface area contributed by atoms with Crippen molar-refractivity contribution >= 4 is 29.3 Å². The van der Waals surface area contributed by atoms with Crippen molar-refractivity contribution in [3.8, 4) is 11.8 Å². The number of amides is 2. The molecule has 3 aliphatic heterocycles. The maximum absolute atomic E-state index is 13.4. The van der Waals surface area contributed by atoms with Crippen LogP contribution < -0.4 is 15.0 Å². The van der Waals surface area contributed by atoms with E-state index in [1.165, 1.54) is 0 Å². The van der Waals surface area contributed by atoms with Gasteiger partial charge in [0.2, 0.25) is 0 Å². The number of rotatable bonds is 6. The lowest BCUT2D eigenvalue weighted by molar-refractivity contribution is -0.164. The first kappa shape index (κ1) is 34.3. The highest BCUT2D eigenvalue weighted by atomic mass is 35.5. The zero-order chi connectivity index (χ0) is 34.6. The lowest BCUT2D eigenvalue weighted by atomic mass is 9.49. The fraction of sp³-hybridized carbons (Fsp3) is 0.595. The SMILES string of the molecule is CC(C)(C)OC(=O)N1CCC2(CC1)OC2N1CCN(c2ccc(C(=O)N[C@H]3C(C)(C)[C@H](Oc4ccc(C#N)c(Cl)c4)C3(C)C)cc2)CC1. The molecule has 1 atom stereocenters. The van der Waals surface area contributed by atoms with Crippen molar-refractivity contribution in [1.82, 2.24) is 15.1 Å². The molecule has 258 valence electrons. The summed E-state index contributed by atoms with van der Waals surface area (Å²) in [7, 11) is 0. The number of anilines is 1. The molecule has 2 aromatic carbocycles. The van der Waals surface area contributed by atoms with E-state index < -0.39 is 5.60 Å². The van der Waals surface area contributed by atoms with Crippen LogP contribution in [0.15, 0.2) is 42.5 Å². The summed E-state index contributed by atoms with van der Waals surface area (Å²) in [5, 5.41) is 12.8. The number of likely N-dealkylation sites (tertiary alicyclic amines) is 1. The van der Waals surface area contributed by atoms with E-state index in [4.69, 9.17) is 25.8 Å². The maximum Gasteiger partial charge on any atom is 0.410 e. The second-order valence-electron chi connectivity index (χ2n) is 15.9. The van der Waals surface area contributed by atoms with E-state index in [9.17, 15) is 14.9 Å². The molecule has 1 saturated carbocycles. The molecule has 0 radical (unpaired) electrons. The number of ether oxygens (including phenoxy) is 3. The van der Waals surface area contributed by atoms with E-state index in [-0.39, 0.29) is 46.8 Å². The summed E-state index contributed by atoms with van der Waals surface area (Å²) >= 11 is 6.23. The molecule has 4 aliphatic rings.